The maximum atomic E-state index is 9.48. The van der Waals surface area contributed by atoms with Crippen molar-refractivity contribution in [2.75, 3.05) is 19.8 Å². The molecule has 0 spiro atoms. The lowest BCUT2D eigenvalue weighted by atomic mass is 10.1. The van der Waals surface area contributed by atoms with Crippen molar-refractivity contribution in [1.29, 1.82) is 0 Å². The van der Waals surface area contributed by atoms with Crippen LogP contribution in [0.3, 0.4) is 0 Å². The van der Waals surface area contributed by atoms with Gasteiger partial charge in [-0.05, 0) is 18.1 Å². The first kappa shape index (κ1) is 13.0. The lowest BCUT2D eigenvalue weighted by Gasteiger charge is -2.14. The fourth-order valence-corrected chi connectivity index (χ4v) is 1.13. The van der Waals surface area contributed by atoms with Gasteiger partial charge in [0.2, 0.25) is 0 Å². The second kappa shape index (κ2) is 7.25. The van der Waals surface area contributed by atoms with E-state index in [1.54, 1.807) is 0 Å². The number of hydrogen-bond acceptors (Lipinski definition) is 3. The van der Waals surface area contributed by atoms with E-state index in [0.717, 1.165) is 5.75 Å². The van der Waals surface area contributed by atoms with Crippen LogP contribution in [-0.2, 0) is 4.74 Å². The van der Waals surface area contributed by atoms with Crippen molar-refractivity contribution in [3.63, 3.8) is 0 Å². The van der Waals surface area contributed by atoms with Crippen LogP contribution < -0.4 is 4.74 Å². The molecule has 1 N–H and O–H groups in total. The largest absolute Gasteiger partial charge is 0.491 e. The van der Waals surface area contributed by atoms with Gasteiger partial charge in [0.25, 0.3) is 0 Å². The molecule has 0 radical (unpaired) electrons. The maximum Gasteiger partial charge on any atom is 0.119 e. The molecule has 1 aromatic carbocycles. The van der Waals surface area contributed by atoms with E-state index in [1.165, 1.54) is 0 Å². The van der Waals surface area contributed by atoms with E-state index >= 15 is 0 Å². The molecule has 3 nitrogen and oxygen atoms in total. The van der Waals surface area contributed by atoms with Crippen LogP contribution in [0.2, 0.25) is 0 Å². The predicted molar refractivity (Wildman–Crippen MR) is 63.6 cm³/mol. The van der Waals surface area contributed by atoms with Crippen molar-refractivity contribution in [2.24, 2.45) is 5.92 Å². The number of aliphatic hydroxyl groups is 1. The maximum absolute atomic E-state index is 9.48. The predicted octanol–water partition coefficient (Wildman–Crippen LogP) is 2.10. The smallest absolute Gasteiger partial charge is 0.119 e. The second-order valence-electron chi connectivity index (χ2n) is 4.05. The molecule has 0 saturated heterocycles. The van der Waals surface area contributed by atoms with Crippen LogP contribution in [0.4, 0.5) is 0 Å². The molecular weight excluding hydrogens is 204 g/mol. The second-order valence-corrected chi connectivity index (χ2v) is 4.05. The van der Waals surface area contributed by atoms with Gasteiger partial charge in [-0.25, -0.2) is 0 Å². The van der Waals surface area contributed by atoms with Crippen LogP contribution in [0.5, 0.6) is 5.75 Å². The van der Waals surface area contributed by atoms with Gasteiger partial charge in [0.05, 0.1) is 19.3 Å². The molecule has 0 saturated carbocycles. The SMILES string of the molecule is CC(C)C(O)COCCOc1ccccc1. The van der Waals surface area contributed by atoms with E-state index in [2.05, 4.69) is 0 Å². The zero-order chi connectivity index (χ0) is 11.8. The van der Waals surface area contributed by atoms with Gasteiger partial charge in [0.1, 0.15) is 12.4 Å². The minimum atomic E-state index is -0.392. The molecule has 1 aromatic rings. The average Bonchev–Trinajstić information content (AvgIpc) is 2.29. The third-order valence-electron chi connectivity index (χ3n) is 2.30. The van der Waals surface area contributed by atoms with Crippen LogP contribution in [-0.4, -0.2) is 31.0 Å². The molecule has 0 fully saturated rings. The molecule has 90 valence electrons. The summed E-state index contributed by atoms with van der Waals surface area (Å²) in [5.41, 5.74) is 0. The minimum absolute atomic E-state index is 0.232. The summed E-state index contributed by atoms with van der Waals surface area (Å²) in [6.45, 7) is 5.31. The van der Waals surface area contributed by atoms with Gasteiger partial charge in [0, 0.05) is 0 Å². The Hall–Kier alpha value is -1.06. The summed E-state index contributed by atoms with van der Waals surface area (Å²) in [5.74, 6) is 1.07. The van der Waals surface area contributed by atoms with Gasteiger partial charge >= 0.3 is 0 Å². The van der Waals surface area contributed by atoms with E-state index < -0.39 is 6.10 Å². The van der Waals surface area contributed by atoms with Crippen LogP contribution in [0.15, 0.2) is 30.3 Å². The van der Waals surface area contributed by atoms with Gasteiger partial charge < -0.3 is 14.6 Å². The number of ether oxygens (including phenoxy) is 2. The molecule has 0 bridgehead atoms. The normalized spacial score (nSPS) is 12.8. The first-order valence-electron chi connectivity index (χ1n) is 5.64. The lowest BCUT2D eigenvalue weighted by molar-refractivity contribution is 0.00419. The Morgan fingerprint density at radius 2 is 1.81 bits per heavy atom. The highest BCUT2D eigenvalue weighted by Crippen LogP contribution is 2.07. The molecule has 1 rings (SSSR count). The fourth-order valence-electron chi connectivity index (χ4n) is 1.13. The highest BCUT2D eigenvalue weighted by molar-refractivity contribution is 5.20. The molecule has 0 heterocycles. The Bertz CT molecular complexity index is 272. The van der Waals surface area contributed by atoms with Crippen molar-refractivity contribution in [2.45, 2.75) is 20.0 Å². The zero-order valence-electron chi connectivity index (χ0n) is 9.93. The number of rotatable bonds is 7. The van der Waals surface area contributed by atoms with Crippen molar-refractivity contribution in [3.8, 4) is 5.75 Å². The molecule has 0 aliphatic heterocycles. The molecule has 0 aliphatic rings. The van der Waals surface area contributed by atoms with Gasteiger partial charge in [-0.2, -0.15) is 0 Å². The van der Waals surface area contributed by atoms with E-state index in [4.69, 9.17) is 9.47 Å². The molecular formula is C13H20O3. The zero-order valence-corrected chi connectivity index (χ0v) is 9.93. The Labute approximate surface area is 97.0 Å². The van der Waals surface area contributed by atoms with Gasteiger partial charge in [-0.3, -0.25) is 0 Å². The standard InChI is InChI=1S/C13H20O3/c1-11(2)13(14)10-15-8-9-16-12-6-4-3-5-7-12/h3-7,11,13-14H,8-10H2,1-2H3. The van der Waals surface area contributed by atoms with Crippen LogP contribution in [0.25, 0.3) is 0 Å². The van der Waals surface area contributed by atoms with Gasteiger partial charge in [-0.1, -0.05) is 32.0 Å². The van der Waals surface area contributed by atoms with Crippen molar-refractivity contribution < 1.29 is 14.6 Å². The number of aliphatic hydroxyl groups excluding tert-OH is 1. The van der Waals surface area contributed by atoms with Crippen LogP contribution in [0.1, 0.15) is 13.8 Å². The molecule has 0 aromatic heterocycles. The first-order chi connectivity index (χ1) is 7.70. The topological polar surface area (TPSA) is 38.7 Å². The van der Waals surface area contributed by atoms with Crippen molar-refractivity contribution >= 4 is 0 Å². The van der Waals surface area contributed by atoms with Crippen molar-refractivity contribution in [1.82, 2.24) is 0 Å². The van der Waals surface area contributed by atoms with E-state index in [-0.39, 0.29) is 5.92 Å². The quantitative estimate of drug-likeness (QED) is 0.721. The summed E-state index contributed by atoms with van der Waals surface area (Å²) in [5, 5.41) is 9.48. The summed E-state index contributed by atoms with van der Waals surface area (Å²) in [4.78, 5) is 0. The van der Waals surface area contributed by atoms with Crippen LogP contribution >= 0.6 is 0 Å². The molecule has 3 heteroatoms. The van der Waals surface area contributed by atoms with Crippen molar-refractivity contribution in [3.05, 3.63) is 30.3 Å². The van der Waals surface area contributed by atoms with Gasteiger partial charge in [-0.15, -0.1) is 0 Å². The Morgan fingerprint density at radius 3 is 2.44 bits per heavy atom. The summed E-state index contributed by atoms with van der Waals surface area (Å²) in [6.07, 6.45) is -0.392. The minimum Gasteiger partial charge on any atom is -0.491 e. The van der Waals surface area contributed by atoms with E-state index in [9.17, 15) is 5.11 Å². The molecule has 16 heavy (non-hydrogen) atoms. The Kier molecular flexibility index (Phi) is 5.90. The Balaban J connectivity index is 2.04. The average molecular weight is 224 g/mol. The summed E-state index contributed by atoms with van der Waals surface area (Å²) in [6, 6.07) is 9.62. The summed E-state index contributed by atoms with van der Waals surface area (Å²) in [7, 11) is 0. The number of benzene rings is 1. The monoisotopic (exact) mass is 224 g/mol. The Morgan fingerprint density at radius 1 is 1.12 bits per heavy atom. The third kappa shape index (κ3) is 5.14. The van der Waals surface area contributed by atoms with E-state index in [0.29, 0.717) is 19.8 Å². The lowest BCUT2D eigenvalue weighted by Crippen LogP contribution is -2.22. The van der Waals surface area contributed by atoms with Crippen LogP contribution in [0, 0.1) is 5.92 Å². The summed E-state index contributed by atoms with van der Waals surface area (Å²) < 4.78 is 10.7. The number of para-hydroxylation sites is 1. The molecule has 0 amide bonds. The molecule has 1 atom stereocenters. The first-order valence-corrected chi connectivity index (χ1v) is 5.64. The number of hydrogen-bond donors (Lipinski definition) is 1. The highest BCUT2D eigenvalue weighted by Gasteiger charge is 2.08. The fraction of sp³-hybridized carbons (Fsp3) is 0.538. The molecule has 1 unspecified atom stereocenters. The molecule has 0 aliphatic carbocycles. The highest BCUT2D eigenvalue weighted by atomic mass is 16.5. The van der Waals surface area contributed by atoms with E-state index in [1.807, 2.05) is 44.2 Å². The van der Waals surface area contributed by atoms with Gasteiger partial charge in [0.15, 0.2) is 0 Å². The summed E-state index contributed by atoms with van der Waals surface area (Å²) >= 11 is 0. The third-order valence-corrected chi connectivity index (χ3v) is 2.30.